The van der Waals surface area contributed by atoms with Gasteiger partial charge in [-0.25, -0.2) is 0 Å². The van der Waals surface area contributed by atoms with E-state index in [0.717, 1.165) is 5.56 Å². The highest BCUT2D eigenvalue weighted by atomic mass is 16.6. The lowest BCUT2D eigenvalue weighted by molar-refractivity contribution is -0.384. The lowest BCUT2D eigenvalue weighted by Crippen LogP contribution is -2.22. The van der Waals surface area contributed by atoms with Gasteiger partial charge in [-0.3, -0.25) is 14.9 Å². The van der Waals surface area contributed by atoms with E-state index in [-0.39, 0.29) is 18.1 Å². The van der Waals surface area contributed by atoms with Crippen LogP contribution in [0.3, 0.4) is 0 Å². The number of nitrogens with zero attached hydrogens (tertiary/aromatic N) is 2. The van der Waals surface area contributed by atoms with Gasteiger partial charge in [-0.2, -0.15) is 0 Å². The molecular weight excluding hydrogens is 236 g/mol. The summed E-state index contributed by atoms with van der Waals surface area (Å²) in [6.07, 6.45) is 0.193. The van der Waals surface area contributed by atoms with Crippen molar-refractivity contribution in [2.75, 3.05) is 25.6 Å². The summed E-state index contributed by atoms with van der Waals surface area (Å²) in [6.45, 7) is 2.23. The van der Waals surface area contributed by atoms with Gasteiger partial charge in [0.05, 0.1) is 18.5 Å². The normalized spacial score (nSPS) is 9.94. The molecule has 6 heteroatoms. The molecule has 0 aliphatic rings. The number of nitro groups is 1. The van der Waals surface area contributed by atoms with Crippen molar-refractivity contribution >= 4 is 17.3 Å². The molecule has 0 fully saturated rings. The van der Waals surface area contributed by atoms with Crippen LogP contribution in [-0.4, -0.2) is 31.6 Å². The van der Waals surface area contributed by atoms with Crippen molar-refractivity contribution in [3.05, 3.63) is 33.9 Å². The first-order valence-corrected chi connectivity index (χ1v) is 5.48. The molecule has 0 unspecified atom stereocenters. The highest BCUT2D eigenvalue weighted by Crippen LogP contribution is 2.28. The summed E-state index contributed by atoms with van der Waals surface area (Å²) in [7, 11) is 3.03. The molecule has 1 rings (SSSR count). The van der Waals surface area contributed by atoms with Crippen LogP contribution in [0, 0.1) is 17.0 Å². The van der Waals surface area contributed by atoms with Crippen molar-refractivity contribution in [3.63, 3.8) is 0 Å². The van der Waals surface area contributed by atoms with Gasteiger partial charge in [-0.15, -0.1) is 0 Å². The number of carbonyl (C=O) groups is 1. The molecule has 0 aromatic heterocycles. The third-order valence-electron chi connectivity index (χ3n) is 2.62. The number of hydrogen-bond donors (Lipinski definition) is 0. The van der Waals surface area contributed by atoms with E-state index < -0.39 is 4.92 Å². The zero-order chi connectivity index (χ0) is 13.7. The fourth-order valence-electron chi connectivity index (χ4n) is 1.58. The number of methoxy groups -OCH3 is 1. The fourth-order valence-corrected chi connectivity index (χ4v) is 1.58. The van der Waals surface area contributed by atoms with Crippen LogP contribution in [0.25, 0.3) is 0 Å². The number of rotatable bonds is 5. The van der Waals surface area contributed by atoms with Gasteiger partial charge in [-0.05, 0) is 18.6 Å². The Hall–Kier alpha value is -2.11. The molecule has 0 spiro atoms. The van der Waals surface area contributed by atoms with E-state index >= 15 is 0 Å². The van der Waals surface area contributed by atoms with E-state index in [1.165, 1.54) is 13.2 Å². The number of nitro benzene ring substituents is 1. The molecule has 0 radical (unpaired) electrons. The van der Waals surface area contributed by atoms with Crippen LogP contribution in [0.15, 0.2) is 18.2 Å². The molecule has 0 atom stereocenters. The zero-order valence-corrected chi connectivity index (χ0v) is 10.7. The largest absolute Gasteiger partial charge is 0.469 e. The second kappa shape index (κ2) is 6.00. The molecule has 98 valence electrons. The Morgan fingerprint density at radius 1 is 1.50 bits per heavy atom. The Balaban J connectivity index is 2.89. The second-order valence-electron chi connectivity index (χ2n) is 4.00. The summed E-state index contributed by atoms with van der Waals surface area (Å²) in [5.41, 5.74) is 1.47. The molecule has 6 nitrogen and oxygen atoms in total. The van der Waals surface area contributed by atoms with Crippen molar-refractivity contribution < 1.29 is 14.5 Å². The van der Waals surface area contributed by atoms with Gasteiger partial charge in [0.1, 0.15) is 5.69 Å². The van der Waals surface area contributed by atoms with Crippen LogP contribution >= 0.6 is 0 Å². The molecule has 1 aromatic carbocycles. The minimum atomic E-state index is -0.427. The van der Waals surface area contributed by atoms with Crippen LogP contribution in [0.2, 0.25) is 0 Å². The molecule has 0 N–H and O–H groups in total. The van der Waals surface area contributed by atoms with Crippen LogP contribution in [0.4, 0.5) is 11.4 Å². The highest BCUT2D eigenvalue weighted by molar-refractivity contribution is 5.71. The van der Waals surface area contributed by atoms with Crippen molar-refractivity contribution in [1.82, 2.24) is 0 Å². The maximum atomic E-state index is 11.1. The number of ether oxygens (including phenoxy) is 1. The van der Waals surface area contributed by atoms with Gasteiger partial charge in [-0.1, -0.05) is 6.07 Å². The molecular formula is C12H16N2O4. The first-order valence-electron chi connectivity index (χ1n) is 5.48. The van der Waals surface area contributed by atoms with Crippen molar-refractivity contribution in [2.45, 2.75) is 13.3 Å². The molecule has 0 heterocycles. The SMILES string of the molecule is COC(=O)CCN(C)c1cc(C)ccc1[N+](=O)[O-]. The standard InChI is InChI=1S/C12H16N2O4/c1-9-4-5-10(14(16)17)11(8-9)13(2)7-6-12(15)18-3/h4-5,8H,6-7H2,1-3H3. The van der Waals surface area contributed by atoms with Crippen LogP contribution in [0.5, 0.6) is 0 Å². The maximum Gasteiger partial charge on any atom is 0.307 e. The first kappa shape index (κ1) is 14.0. The quantitative estimate of drug-likeness (QED) is 0.454. The Kier molecular flexibility index (Phi) is 4.65. The highest BCUT2D eigenvalue weighted by Gasteiger charge is 2.17. The molecule has 0 bridgehead atoms. The maximum absolute atomic E-state index is 11.1. The first-order chi connectivity index (χ1) is 8.45. The van der Waals surface area contributed by atoms with Gasteiger partial charge < -0.3 is 9.64 Å². The Labute approximate surface area is 105 Å². The zero-order valence-electron chi connectivity index (χ0n) is 10.7. The van der Waals surface area contributed by atoms with Crippen molar-refractivity contribution in [2.24, 2.45) is 0 Å². The fraction of sp³-hybridized carbons (Fsp3) is 0.417. The van der Waals surface area contributed by atoms with E-state index in [4.69, 9.17) is 0 Å². The number of aryl methyl sites for hydroxylation is 1. The smallest absolute Gasteiger partial charge is 0.307 e. The van der Waals surface area contributed by atoms with E-state index in [1.807, 2.05) is 6.92 Å². The van der Waals surface area contributed by atoms with E-state index in [9.17, 15) is 14.9 Å². The summed E-state index contributed by atoms with van der Waals surface area (Å²) in [4.78, 5) is 23.2. The average Bonchev–Trinajstić information content (AvgIpc) is 2.34. The van der Waals surface area contributed by atoms with Gasteiger partial charge in [0.2, 0.25) is 0 Å². The molecule has 0 aliphatic heterocycles. The number of anilines is 1. The van der Waals surface area contributed by atoms with Crippen molar-refractivity contribution in [3.8, 4) is 0 Å². The van der Waals surface area contributed by atoms with Gasteiger partial charge in [0, 0.05) is 19.7 Å². The Morgan fingerprint density at radius 2 is 2.17 bits per heavy atom. The molecule has 0 amide bonds. The third kappa shape index (κ3) is 3.44. The van der Waals surface area contributed by atoms with E-state index in [0.29, 0.717) is 12.2 Å². The van der Waals surface area contributed by atoms with Gasteiger partial charge in [0.15, 0.2) is 0 Å². The van der Waals surface area contributed by atoms with E-state index in [1.54, 1.807) is 24.1 Å². The lowest BCUT2D eigenvalue weighted by atomic mass is 10.1. The minimum absolute atomic E-state index is 0.0352. The number of carbonyl (C=O) groups excluding carboxylic acids is 1. The number of benzene rings is 1. The van der Waals surface area contributed by atoms with Crippen LogP contribution in [-0.2, 0) is 9.53 Å². The summed E-state index contributed by atoms with van der Waals surface area (Å²) in [5, 5.41) is 10.9. The summed E-state index contributed by atoms with van der Waals surface area (Å²) < 4.78 is 4.54. The molecule has 0 aliphatic carbocycles. The summed E-state index contributed by atoms with van der Waals surface area (Å²) in [5.74, 6) is -0.336. The molecule has 0 saturated heterocycles. The van der Waals surface area contributed by atoms with Crippen LogP contribution < -0.4 is 4.90 Å². The predicted octanol–water partition coefficient (Wildman–Crippen LogP) is 1.90. The molecule has 18 heavy (non-hydrogen) atoms. The number of hydrogen-bond acceptors (Lipinski definition) is 5. The second-order valence-corrected chi connectivity index (χ2v) is 4.00. The van der Waals surface area contributed by atoms with E-state index in [2.05, 4.69) is 4.74 Å². The van der Waals surface area contributed by atoms with Crippen LogP contribution in [0.1, 0.15) is 12.0 Å². The van der Waals surface area contributed by atoms with Gasteiger partial charge >= 0.3 is 5.97 Å². The summed E-state index contributed by atoms with van der Waals surface area (Å²) in [6, 6.07) is 4.89. The average molecular weight is 252 g/mol. The predicted molar refractivity (Wildman–Crippen MR) is 67.7 cm³/mol. The lowest BCUT2D eigenvalue weighted by Gasteiger charge is -2.18. The molecule has 1 aromatic rings. The van der Waals surface area contributed by atoms with Gasteiger partial charge in [0.25, 0.3) is 5.69 Å². The topological polar surface area (TPSA) is 72.7 Å². The molecule has 0 saturated carbocycles. The summed E-state index contributed by atoms with van der Waals surface area (Å²) >= 11 is 0. The minimum Gasteiger partial charge on any atom is -0.469 e. The number of esters is 1. The Bertz CT molecular complexity index is 459. The third-order valence-corrected chi connectivity index (χ3v) is 2.62. The Morgan fingerprint density at radius 3 is 2.72 bits per heavy atom. The monoisotopic (exact) mass is 252 g/mol. The van der Waals surface area contributed by atoms with Crippen molar-refractivity contribution in [1.29, 1.82) is 0 Å².